The number of carboxylic acid groups (broad SMARTS) is 1. The minimum absolute atomic E-state index is 0. The van der Waals surface area contributed by atoms with Gasteiger partial charge in [0.2, 0.25) is 0 Å². The molecule has 0 spiro atoms. The monoisotopic (exact) mass is 174 g/mol. The Bertz CT molecular complexity index is 87.9. The fraction of sp³-hybridized carbons (Fsp3) is 0.750. The first-order chi connectivity index (χ1) is 3.68. The topological polar surface area (TPSA) is 60.4 Å². The van der Waals surface area contributed by atoms with E-state index in [4.69, 9.17) is 5.11 Å². The zero-order chi connectivity index (χ0) is 6.57. The molecule has 0 heterocycles. The van der Waals surface area contributed by atoms with Gasteiger partial charge < -0.3 is 15.0 Å². The number of hydrogen-bond donors (Lipinski definition) is 1. The molecule has 0 aliphatic rings. The zero-order valence-corrected chi connectivity index (χ0v) is 9.40. The third-order valence-electron chi connectivity index (χ3n) is 0.526. The van der Waals surface area contributed by atoms with E-state index in [9.17, 15) is 9.90 Å². The van der Waals surface area contributed by atoms with Gasteiger partial charge in [-0.15, -0.1) is 11.8 Å². The van der Waals surface area contributed by atoms with Gasteiger partial charge in [-0.2, -0.15) is 0 Å². The van der Waals surface area contributed by atoms with Gasteiger partial charge in [0.05, 0.1) is 5.97 Å². The van der Waals surface area contributed by atoms with Crippen LogP contribution in [-0.2, 0) is 4.79 Å². The van der Waals surface area contributed by atoms with Gasteiger partial charge in [-0.1, -0.05) is 6.92 Å². The molecule has 0 amide bonds. The molecular weight excluding hydrogens is 167 g/mol. The Labute approximate surface area is 101 Å². The summed E-state index contributed by atoms with van der Waals surface area (Å²) >= 11 is 0.933. The summed E-state index contributed by atoms with van der Waals surface area (Å²) in [5.41, 5.74) is -1.36. The second-order valence-electron chi connectivity index (χ2n) is 1.13. The average Bonchev–Trinajstić information content (AvgIpc) is 1.67. The van der Waals surface area contributed by atoms with Crippen LogP contribution in [0.5, 0.6) is 0 Å². The molecule has 1 N–H and O–H groups in total. The number of aliphatic hydroxyl groups excluding tert-OH is 1. The van der Waals surface area contributed by atoms with Gasteiger partial charge in [0.25, 0.3) is 0 Å². The fourth-order valence-corrected chi connectivity index (χ4v) is 0.678. The number of rotatable bonds is 3. The van der Waals surface area contributed by atoms with Crippen LogP contribution in [0, 0.1) is 0 Å². The third-order valence-corrected chi connectivity index (χ3v) is 1.37. The number of carbonyl (C=O) groups excluding carboxylic acids is 1. The summed E-state index contributed by atoms with van der Waals surface area (Å²) in [6.45, 7) is 1.76. The molecule has 0 saturated carbocycles. The molecule has 0 radical (unpaired) electrons. The first-order valence-corrected chi connectivity index (χ1v) is 3.24. The summed E-state index contributed by atoms with van der Waals surface area (Å²) in [5.74, 6) is -0.841. The summed E-state index contributed by atoms with van der Waals surface area (Å²) < 4.78 is 0. The first-order valence-electron chi connectivity index (χ1n) is 2.19. The smallest absolute Gasteiger partial charge is 0.546 e. The summed E-state index contributed by atoms with van der Waals surface area (Å²) in [7, 11) is 0. The predicted octanol–water partition coefficient (Wildman–Crippen LogP) is -4.19. The molecule has 0 rings (SSSR count). The van der Waals surface area contributed by atoms with E-state index in [2.05, 4.69) is 0 Å². The fourth-order valence-electron chi connectivity index (χ4n) is 0.226. The van der Waals surface area contributed by atoms with Gasteiger partial charge >= 0.3 is 51.4 Å². The molecule has 0 fully saturated rings. The largest absolute Gasteiger partial charge is 1.00 e. The minimum Gasteiger partial charge on any atom is -0.546 e. The molecular formula is C4H7KO3S. The van der Waals surface area contributed by atoms with Crippen molar-refractivity contribution in [1.82, 2.24) is 0 Å². The van der Waals surface area contributed by atoms with Crippen molar-refractivity contribution in [2.75, 3.05) is 5.75 Å². The van der Waals surface area contributed by atoms with Gasteiger partial charge in [-0.3, -0.25) is 0 Å². The van der Waals surface area contributed by atoms with Crippen molar-refractivity contribution in [3.8, 4) is 0 Å². The maximum atomic E-state index is 9.71. The number of aliphatic carboxylic acids is 1. The van der Waals surface area contributed by atoms with E-state index in [0.717, 1.165) is 11.8 Å². The summed E-state index contributed by atoms with van der Waals surface area (Å²) in [4.78, 5) is 9.71. The van der Waals surface area contributed by atoms with Crippen molar-refractivity contribution in [2.24, 2.45) is 0 Å². The molecule has 0 aromatic heterocycles. The number of thioether (sulfide) groups is 1. The first kappa shape index (κ1) is 13.0. The van der Waals surface area contributed by atoms with E-state index in [1.165, 1.54) is 0 Å². The Morgan fingerprint density at radius 2 is 2.33 bits per heavy atom. The number of carboxylic acids is 1. The van der Waals surface area contributed by atoms with Gasteiger partial charge in [0, 0.05) is 0 Å². The van der Waals surface area contributed by atoms with E-state index >= 15 is 0 Å². The Kier molecular flexibility index (Phi) is 10.9. The molecule has 5 heteroatoms. The maximum absolute atomic E-state index is 9.71. The molecule has 0 aromatic carbocycles. The second-order valence-corrected chi connectivity index (χ2v) is 2.48. The maximum Gasteiger partial charge on any atom is 1.00 e. The van der Waals surface area contributed by atoms with Gasteiger partial charge in [-0.05, 0) is 5.75 Å². The van der Waals surface area contributed by atoms with Crippen LogP contribution in [0.4, 0.5) is 0 Å². The van der Waals surface area contributed by atoms with Crippen molar-refractivity contribution in [1.29, 1.82) is 0 Å². The van der Waals surface area contributed by atoms with Crippen molar-refractivity contribution in [2.45, 2.75) is 12.4 Å². The van der Waals surface area contributed by atoms with E-state index in [-0.39, 0.29) is 51.4 Å². The van der Waals surface area contributed by atoms with Gasteiger partial charge in [-0.25, -0.2) is 0 Å². The van der Waals surface area contributed by atoms with E-state index < -0.39 is 11.4 Å². The van der Waals surface area contributed by atoms with Crippen LogP contribution in [-0.4, -0.2) is 22.3 Å². The molecule has 0 saturated heterocycles. The SMILES string of the molecule is CCSC(O)C(=O)[O-].[K+]. The van der Waals surface area contributed by atoms with E-state index in [0.29, 0.717) is 5.75 Å². The molecule has 1 unspecified atom stereocenters. The van der Waals surface area contributed by atoms with Crippen molar-refractivity contribution < 1.29 is 66.4 Å². The van der Waals surface area contributed by atoms with Crippen LogP contribution in [0.3, 0.4) is 0 Å². The minimum atomic E-state index is -1.42. The zero-order valence-electron chi connectivity index (χ0n) is 5.46. The van der Waals surface area contributed by atoms with Crippen LogP contribution in [0.1, 0.15) is 6.92 Å². The molecule has 1 atom stereocenters. The molecule has 0 aliphatic carbocycles. The average molecular weight is 174 g/mol. The molecule has 0 aliphatic heterocycles. The molecule has 0 bridgehead atoms. The van der Waals surface area contributed by atoms with Gasteiger partial charge in [0.15, 0.2) is 0 Å². The standard InChI is InChI=1S/C4H8O3S.K/c1-2-8-4(7)3(5)6;/h4,7H,2H2,1H3,(H,5,6);/q;+1/p-1. The summed E-state index contributed by atoms with van der Waals surface area (Å²) in [6.07, 6.45) is 0. The van der Waals surface area contributed by atoms with Crippen LogP contribution in [0.15, 0.2) is 0 Å². The molecule has 0 aromatic rings. The van der Waals surface area contributed by atoms with Crippen LogP contribution >= 0.6 is 11.8 Å². The van der Waals surface area contributed by atoms with Crippen molar-refractivity contribution in [3.63, 3.8) is 0 Å². The second kappa shape index (κ2) is 7.52. The number of aliphatic hydroxyl groups is 1. The normalized spacial score (nSPS) is 11.8. The predicted molar refractivity (Wildman–Crippen MR) is 29.1 cm³/mol. The summed E-state index contributed by atoms with van der Waals surface area (Å²) in [5, 5.41) is 18.1. The van der Waals surface area contributed by atoms with Crippen LogP contribution < -0.4 is 56.5 Å². The third kappa shape index (κ3) is 7.31. The Morgan fingerprint density at radius 1 is 1.89 bits per heavy atom. The number of hydrogen-bond acceptors (Lipinski definition) is 4. The van der Waals surface area contributed by atoms with Crippen LogP contribution in [0.25, 0.3) is 0 Å². The Hall–Kier alpha value is 1.42. The number of carbonyl (C=O) groups is 1. The molecule has 3 nitrogen and oxygen atoms in total. The summed E-state index contributed by atoms with van der Waals surface area (Å²) in [6, 6.07) is 0. The van der Waals surface area contributed by atoms with Gasteiger partial charge in [0.1, 0.15) is 5.44 Å². The Balaban J connectivity index is 0. The van der Waals surface area contributed by atoms with Crippen LogP contribution in [0.2, 0.25) is 0 Å². The van der Waals surface area contributed by atoms with Crippen molar-refractivity contribution in [3.05, 3.63) is 0 Å². The van der Waals surface area contributed by atoms with E-state index in [1.54, 1.807) is 6.92 Å². The quantitative estimate of drug-likeness (QED) is 0.348. The van der Waals surface area contributed by atoms with Crippen molar-refractivity contribution >= 4 is 17.7 Å². The molecule has 48 valence electrons. The Morgan fingerprint density at radius 3 is 2.44 bits per heavy atom. The van der Waals surface area contributed by atoms with E-state index in [1.807, 2.05) is 0 Å². The molecule has 9 heavy (non-hydrogen) atoms.